The summed E-state index contributed by atoms with van der Waals surface area (Å²) in [5.41, 5.74) is 6.41. The normalized spacial score (nSPS) is 32.5. The Hall–Kier alpha value is -0.960. The Morgan fingerprint density at radius 2 is 1.83 bits per heavy atom. The van der Waals surface area contributed by atoms with Crippen LogP contribution in [-0.2, 0) is 6.42 Å². The highest BCUT2D eigenvalue weighted by Crippen LogP contribution is 2.36. The van der Waals surface area contributed by atoms with Crippen molar-refractivity contribution in [2.45, 2.75) is 45.1 Å². The van der Waals surface area contributed by atoms with Gasteiger partial charge in [-0.2, -0.15) is 0 Å². The number of hydrogen-bond acceptors (Lipinski definition) is 1. The van der Waals surface area contributed by atoms with Crippen LogP contribution in [0, 0.1) is 23.5 Å². The molecule has 0 bridgehead atoms. The quantitative estimate of drug-likeness (QED) is 0.855. The minimum atomic E-state index is -0.397. The molecule has 0 spiro atoms. The van der Waals surface area contributed by atoms with Gasteiger partial charge in [-0.15, -0.1) is 0 Å². The second-order valence-electron chi connectivity index (χ2n) is 6.13. The van der Waals surface area contributed by atoms with Crippen LogP contribution in [0.3, 0.4) is 0 Å². The number of hydrogen-bond donors (Lipinski definition) is 1. The van der Waals surface area contributed by atoms with Gasteiger partial charge in [0.15, 0.2) is 0 Å². The standard InChI is InChI=1S/C15H21F2N/c1-10-5-11(2)8-15(18,7-10)9-12-6-13(16)3-4-14(12)17/h3-4,6,10-11H,5,7-9,18H2,1-2H3. The first kappa shape index (κ1) is 13.5. The monoisotopic (exact) mass is 253 g/mol. The van der Waals surface area contributed by atoms with E-state index in [-0.39, 0.29) is 5.82 Å². The molecule has 100 valence electrons. The Kier molecular flexibility index (Phi) is 3.71. The van der Waals surface area contributed by atoms with Crippen LogP contribution in [0.15, 0.2) is 18.2 Å². The van der Waals surface area contributed by atoms with Crippen LogP contribution in [0.4, 0.5) is 8.78 Å². The van der Waals surface area contributed by atoms with Gasteiger partial charge in [-0.1, -0.05) is 13.8 Å². The van der Waals surface area contributed by atoms with E-state index in [0.717, 1.165) is 18.9 Å². The molecule has 0 aromatic heterocycles. The van der Waals surface area contributed by atoms with Gasteiger partial charge < -0.3 is 5.73 Å². The number of benzene rings is 1. The Balaban J connectivity index is 2.18. The number of halogens is 2. The average Bonchev–Trinajstić information content (AvgIpc) is 2.21. The smallest absolute Gasteiger partial charge is 0.126 e. The van der Waals surface area contributed by atoms with Crippen LogP contribution in [-0.4, -0.2) is 5.54 Å². The Morgan fingerprint density at radius 1 is 1.22 bits per heavy atom. The summed E-state index contributed by atoms with van der Waals surface area (Å²) >= 11 is 0. The molecular weight excluding hydrogens is 232 g/mol. The fourth-order valence-corrected chi connectivity index (χ4v) is 3.53. The van der Waals surface area contributed by atoms with Crippen molar-refractivity contribution >= 4 is 0 Å². The molecule has 0 heterocycles. The fraction of sp³-hybridized carbons (Fsp3) is 0.600. The first-order chi connectivity index (χ1) is 8.38. The summed E-state index contributed by atoms with van der Waals surface area (Å²) in [5.74, 6) is 0.352. The van der Waals surface area contributed by atoms with E-state index in [4.69, 9.17) is 5.73 Å². The molecular formula is C15H21F2N. The van der Waals surface area contributed by atoms with Crippen molar-refractivity contribution < 1.29 is 8.78 Å². The molecule has 0 radical (unpaired) electrons. The topological polar surface area (TPSA) is 26.0 Å². The first-order valence-electron chi connectivity index (χ1n) is 6.61. The van der Waals surface area contributed by atoms with Crippen molar-refractivity contribution in [3.8, 4) is 0 Å². The molecule has 1 aliphatic rings. The van der Waals surface area contributed by atoms with Crippen molar-refractivity contribution in [3.63, 3.8) is 0 Å². The summed E-state index contributed by atoms with van der Waals surface area (Å²) < 4.78 is 26.8. The second-order valence-corrected chi connectivity index (χ2v) is 6.13. The maximum atomic E-state index is 13.7. The molecule has 1 aromatic carbocycles. The highest BCUT2D eigenvalue weighted by molar-refractivity contribution is 5.21. The summed E-state index contributed by atoms with van der Waals surface area (Å²) in [6.45, 7) is 4.36. The summed E-state index contributed by atoms with van der Waals surface area (Å²) in [6.07, 6.45) is 3.36. The van der Waals surface area contributed by atoms with Crippen molar-refractivity contribution in [2.75, 3.05) is 0 Å². The van der Waals surface area contributed by atoms with E-state index in [9.17, 15) is 8.78 Å². The van der Waals surface area contributed by atoms with E-state index in [1.54, 1.807) is 0 Å². The molecule has 1 aliphatic carbocycles. The van der Waals surface area contributed by atoms with Crippen molar-refractivity contribution in [1.82, 2.24) is 0 Å². The van der Waals surface area contributed by atoms with E-state index >= 15 is 0 Å². The zero-order chi connectivity index (χ0) is 13.3. The van der Waals surface area contributed by atoms with Crippen molar-refractivity contribution in [1.29, 1.82) is 0 Å². The maximum Gasteiger partial charge on any atom is 0.126 e. The predicted octanol–water partition coefficient (Wildman–Crippen LogP) is 3.66. The predicted molar refractivity (Wildman–Crippen MR) is 69.2 cm³/mol. The molecule has 2 N–H and O–H groups in total. The minimum Gasteiger partial charge on any atom is -0.325 e. The molecule has 18 heavy (non-hydrogen) atoms. The summed E-state index contributed by atoms with van der Waals surface area (Å²) in [5, 5.41) is 0. The van der Waals surface area contributed by atoms with Crippen LogP contribution in [0.2, 0.25) is 0 Å². The summed E-state index contributed by atoms with van der Waals surface area (Å²) in [6, 6.07) is 3.60. The van der Waals surface area contributed by atoms with Crippen LogP contribution >= 0.6 is 0 Å². The molecule has 0 aliphatic heterocycles. The molecule has 3 heteroatoms. The van der Waals surface area contributed by atoms with Crippen LogP contribution in [0.25, 0.3) is 0 Å². The van der Waals surface area contributed by atoms with Crippen molar-refractivity contribution in [3.05, 3.63) is 35.4 Å². The van der Waals surface area contributed by atoms with E-state index in [2.05, 4.69) is 13.8 Å². The summed E-state index contributed by atoms with van der Waals surface area (Å²) in [4.78, 5) is 0. The molecule has 1 aromatic rings. The molecule has 1 nitrogen and oxygen atoms in total. The van der Waals surface area contributed by atoms with Gasteiger partial charge in [0, 0.05) is 5.54 Å². The van der Waals surface area contributed by atoms with Gasteiger partial charge in [-0.25, -0.2) is 8.78 Å². The number of nitrogens with two attached hydrogens (primary N) is 1. The molecule has 0 saturated heterocycles. The largest absolute Gasteiger partial charge is 0.325 e. The van der Waals surface area contributed by atoms with Gasteiger partial charge >= 0.3 is 0 Å². The fourth-order valence-electron chi connectivity index (χ4n) is 3.53. The van der Waals surface area contributed by atoms with Gasteiger partial charge in [0.1, 0.15) is 11.6 Å². The van der Waals surface area contributed by atoms with Crippen LogP contribution in [0.5, 0.6) is 0 Å². The first-order valence-corrected chi connectivity index (χ1v) is 6.61. The maximum absolute atomic E-state index is 13.7. The zero-order valence-corrected chi connectivity index (χ0v) is 11.0. The molecule has 0 amide bonds. The third-order valence-corrected chi connectivity index (χ3v) is 3.86. The molecule has 1 fully saturated rings. The van der Waals surface area contributed by atoms with E-state index in [1.165, 1.54) is 18.6 Å². The zero-order valence-electron chi connectivity index (χ0n) is 11.0. The minimum absolute atomic E-state index is 0.355. The lowest BCUT2D eigenvalue weighted by Gasteiger charge is -2.40. The Labute approximate surface area is 107 Å². The molecule has 2 rings (SSSR count). The van der Waals surface area contributed by atoms with Gasteiger partial charge in [0.25, 0.3) is 0 Å². The Morgan fingerprint density at radius 3 is 2.44 bits per heavy atom. The van der Waals surface area contributed by atoms with Crippen LogP contribution in [0.1, 0.15) is 38.7 Å². The molecule has 2 atom stereocenters. The SMILES string of the molecule is CC1CC(C)CC(N)(Cc2cc(F)ccc2F)C1. The Bertz CT molecular complexity index is 421. The van der Waals surface area contributed by atoms with Gasteiger partial charge in [0.2, 0.25) is 0 Å². The third-order valence-electron chi connectivity index (χ3n) is 3.86. The lowest BCUT2D eigenvalue weighted by molar-refractivity contribution is 0.181. The van der Waals surface area contributed by atoms with Gasteiger partial charge in [0.05, 0.1) is 0 Å². The van der Waals surface area contributed by atoms with Crippen LogP contribution < -0.4 is 5.73 Å². The summed E-state index contributed by atoms with van der Waals surface area (Å²) in [7, 11) is 0. The highest BCUT2D eigenvalue weighted by atomic mass is 19.1. The van der Waals surface area contributed by atoms with E-state index < -0.39 is 11.4 Å². The van der Waals surface area contributed by atoms with E-state index in [1.807, 2.05) is 0 Å². The number of rotatable bonds is 2. The van der Waals surface area contributed by atoms with Gasteiger partial charge in [-0.05, 0) is 61.3 Å². The highest BCUT2D eigenvalue weighted by Gasteiger charge is 2.35. The molecule has 2 unspecified atom stereocenters. The lowest BCUT2D eigenvalue weighted by Crippen LogP contribution is -2.48. The molecule has 1 saturated carbocycles. The van der Waals surface area contributed by atoms with Gasteiger partial charge in [-0.3, -0.25) is 0 Å². The van der Waals surface area contributed by atoms with E-state index in [0.29, 0.717) is 23.8 Å². The van der Waals surface area contributed by atoms with Crippen molar-refractivity contribution in [2.24, 2.45) is 17.6 Å². The second kappa shape index (κ2) is 4.96. The lowest BCUT2D eigenvalue weighted by atomic mass is 9.70. The average molecular weight is 253 g/mol. The third kappa shape index (κ3) is 3.08.